The Hall–Kier alpha value is -1.59. The fourth-order valence-electron chi connectivity index (χ4n) is 4.61. The van der Waals surface area contributed by atoms with E-state index in [0.29, 0.717) is 6.61 Å². The Morgan fingerprint density at radius 2 is 1.33 bits per heavy atom. The first kappa shape index (κ1) is 38.4. The molecule has 0 aromatic heterocycles. The number of ether oxygens (including phenoxy) is 4. The summed E-state index contributed by atoms with van der Waals surface area (Å²) in [7, 11) is 0. The second-order valence-electron chi connectivity index (χ2n) is 11.0. The van der Waals surface area contributed by atoms with Crippen LogP contribution in [0.15, 0.2) is 36.5 Å². The van der Waals surface area contributed by atoms with Crippen LogP contribution in [0.2, 0.25) is 0 Å². The van der Waals surface area contributed by atoms with Gasteiger partial charge in [0.2, 0.25) is 0 Å². The summed E-state index contributed by atoms with van der Waals surface area (Å²) in [4.78, 5) is 11.5. The van der Waals surface area contributed by atoms with E-state index < -0.39 is 49.4 Å². The van der Waals surface area contributed by atoms with Gasteiger partial charge in [0.25, 0.3) is 0 Å². The highest BCUT2D eigenvalue weighted by Gasteiger charge is 2.44. The number of aliphatic hydroxyl groups is 4. The monoisotopic (exact) mass is 598 g/mol. The van der Waals surface area contributed by atoms with Crippen molar-refractivity contribution in [2.75, 3.05) is 26.4 Å². The molecule has 0 radical (unpaired) electrons. The molecule has 1 fully saturated rings. The highest BCUT2D eigenvalue weighted by atomic mass is 16.7. The number of carbonyl (C=O) groups excluding carboxylic acids is 1. The maximum absolute atomic E-state index is 11.5. The highest BCUT2D eigenvalue weighted by molar-refractivity contribution is 5.66. The third-order valence-electron chi connectivity index (χ3n) is 7.11. The second-order valence-corrected chi connectivity index (χ2v) is 11.0. The lowest BCUT2D eigenvalue weighted by Crippen LogP contribution is -2.59. The van der Waals surface area contributed by atoms with Gasteiger partial charge in [-0.25, -0.2) is 0 Å². The number of aliphatic hydroxyl groups excluding tert-OH is 4. The molecule has 4 N–H and O–H groups in total. The van der Waals surface area contributed by atoms with Crippen LogP contribution in [-0.4, -0.2) is 89.6 Å². The molecule has 1 rings (SSSR count). The van der Waals surface area contributed by atoms with Crippen molar-refractivity contribution in [3.63, 3.8) is 0 Å². The molecule has 0 aliphatic carbocycles. The van der Waals surface area contributed by atoms with Crippen LogP contribution in [0.25, 0.3) is 0 Å². The largest absolute Gasteiger partial charge is 0.458 e. The molecule has 0 saturated carbocycles. The molecule has 1 heterocycles. The SMILES string of the molecule is CCCCC/C=C\C/C=C\C/C=C\CCCCCCCCCOCC(COC1OC(CO)C(O)C(O)C1O)OC(C)=O. The van der Waals surface area contributed by atoms with Gasteiger partial charge in [0.1, 0.15) is 30.5 Å². The molecule has 0 bridgehead atoms. The van der Waals surface area contributed by atoms with Crippen molar-refractivity contribution in [2.24, 2.45) is 0 Å². The van der Waals surface area contributed by atoms with Crippen LogP contribution < -0.4 is 0 Å². The number of hydrogen-bond acceptors (Lipinski definition) is 9. The number of rotatable bonds is 25. The van der Waals surface area contributed by atoms with E-state index in [1.807, 2.05) is 0 Å². The molecule has 6 unspecified atom stereocenters. The van der Waals surface area contributed by atoms with Gasteiger partial charge >= 0.3 is 5.97 Å². The van der Waals surface area contributed by atoms with Crippen molar-refractivity contribution in [1.82, 2.24) is 0 Å². The average Bonchev–Trinajstić information content (AvgIpc) is 2.97. The molecule has 42 heavy (non-hydrogen) atoms. The first-order valence-electron chi connectivity index (χ1n) is 16.0. The molecule has 1 aliphatic heterocycles. The van der Waals surface area contributed by atoms with E-state index in [9.17, 15) is 25.2 Å². The summed E-state index contributed by atoms with van der Waals surface area (Å²) in [6.45, 7) is 3.49. The highest BCUT2D eigenvalue weighted by Crippen LogP contribution is 2.22. The second kappa shape index (κ2) is 25.9. The number of esters is 1. The number of hydrogen-bond donors (Lipinski definition) is 4. The van der Waals surface area contributed by atoms with Gasteiger partial charge in [-0.2, -0.15) is 0 Å². The Kier molecular flexibility index (Phi) is 23.7. The maximum Gasteiger partial charge on any atom is 0.303 e. The van der Waals surface area contributed by atoms with E-state index in [-0.39, 0.29) is 13.2 Å². The van der Waals surface area contributed by atoms with E-state index in [1.54, 1.807) is 0 Å². The zero-order valence-electron chi connectivity index (χ0n) is 26.0. The molecule has 1 saturated heterocycles. The zero-order valence-corrected chi connectivity index (χ0v) is 26.0. The van der Waals surface area contributed by atoms with Crippen molar-refractivity contribution < 1.29 is 44.2 Å². The van der Waals surface area contributed by atoms with Crippen LogP contribution in [-0.2, 0) is 23.7 Å². The third kappa shape index (κ3) is 18.8. The molecule has 244 valence electrons. The molecule has 1 aliphatic rings. The van der Waals surface area contributed by atoms with E-state index in [1.165, 1.54) is 58.3 Å². The first-order chi connectivity index (χ1) is 20.4. The lowest BCUT2D eigenvalue weighted by Gasteiger charge is -2.39. The molecule has 0 amide bonds. The number of allylic oxidation sites excluding steroid dienone is 6. The molecular weight excluding hydrogens is 540 g/mol. The number of carbonyl (C=O) groups is 1. The predicted octanol–water partition coefficient (Wildman–Crippen LogP) is 4.90. The van der Waals surface area contributed by atoms with Crippen LogP contribution in [0.1, 0.15) is 104 Å². The normalized spacial score (nSPS) is 23.8. The molecule has 0 aromatic carbocycles. The topological polar surface area (TPSA) is 135 Å². The Labute approximate surface area is 253 Å². The van der Waals surface area contributed by atoms with Gasteiger partial charge in [0.15, 0.2) is 6.29 Å². The molecule has 9 nitrogen and oxygen atoms in total. The fourth-order valence-corrected chi connectivity index (χ4v) is 4.61. The standard InChI is InChI=1S/C33H58O9/c1-3-4-5-6-7-8-9-10-11-12-13-14-15-16-17-18-19-20-21-22-23-39-25-28(41-27(2)35)26-40-33-32(38)31(37)30(36)29(24-34)42-33/h7-8,10-11,13-14,28-34,36-38H,3-6,9,12,15-26H2,1-2H3/b8-7-,11-10-,14-13-. The van der Waals surface area contributed by atoms with Gasteiger partial charge in [-0.3, -0.25) is 4.79 Å². The quantitative estimate of drug-likeness (QED) is 0.0657. The average molecular weight is 599 g/mol. The van der Waals surface area contributed by atoms with Crippen LogP contribution in [0, 0.1) is 0 Å². The van der Waals surface area contributed by atoms with Crippen LogP contribution in [0.4, 0.5) is 0 Å². The maximum atomic E-state index is 11.5. The summed E-state index contributed by atoms with van der Waals surface area (Å²) in [6, 6.07) is 0. The van der Waals surface area contributed by atoms with Gasteiger partial charge in [-0.05, 0) is 44.9 Å². The first-order valence-corrected chi connectivity index (χ1v) is 16.0. The van der Waals surface area contributed by atoms with Crippen LogP contribution in [0.3, 0.4) is 0 Å². The van der Waals surface area contributed by atoms with Gasteiger partial charge < -0.3 is 39.4 Å². The molecule has 0 spiro atoms. The minimum Gasteiger partial charge on any atom is -0.458 e. The Bertz CT molecular complexity index is 737. The molecule has 0 aromatic rings. The van der Waals surface area contributed by atoms with Crippen LogP contribution >= 0.6 is 0 Å². The minimum atomic E-state index is -1.53. The summed E-state index contributed by atoms with van der Waals surface area (Å²) in [5.74, 6) is -0.496. The Morgan fingerprint density at radius 3 is 1.93 bits per heavy atom. The summed E-state index contributed by atoms with van der Waals surface area (Å²) in [5.41, 5.74) is 0. The summed E-state index contributed by atoms with van der Waals surface area (Å²) in [6.07, 6.45) is 22.4. The fraction of sp³-hybridized carbons (Fsp3) is 0.788. The summed E-state index contributed by atoms with van der Waals surface area (Å²) < 4.78 is 21.7. The number of unbranched alkanes of at least 4 members (excludes halogenated alkanes) is 10. The summed E-state index contributed by atoms with van der Waals surface area (Å²) >= 11 is 0. The van der Waals surface area contributed by atoms with Gasteiger partial charge in [-0.1, -0.05) is 88.3 Å². The Morgan fingerprint density at radius 1 is 0.762 bits per heavy atom. The van der Waals surface area contributed by atoms with Crippen molar-refractivity contribution in [2.45, 2.75) is 141 Å². The van der Waals surface area contributed by atoms with E-state index >= 15 is 0 Å². The minimum absolute atomic E-state index is 0.122. The van der Waals surface area contributed by atoms with Crippen molar-refractivity contribution in [1.29, 1.82) is 0 Å². The van der Waals surface area contributed by atoms with Gasteiger partial charge in [0.05, 0.1) is 19.8 Å². The molecular formula is C33H58O9. The van der Waals surface area contributed by atoms with E-state index in [2.05, 4.69) is 43.4 Å². The lowest BCUT2D eigenvalue weighted by atomic mass is 9.99. The van der Waals surface area contributed by atoms with Crippen molar-refractivity contribution in [3.8, 4) is 0 Å². The van der Waals surface area contributed by atoms with Gasteiger partial charge in [-0.15, -0.1) is 0 Å². The van der Waals surface area contributed by atoms with E-state index in [0.717, 1.165) is 38.5 Å². The van der Waals surface area contributed by atoms with E-state index in [4.69, 9.17) is 18.9 Å². The lowest BCUT2D eigenvalue weighted by molar-refractivity contribution is -0.305. The predicted molar refractivity (Wildman–Crippen MR) is 164 cm³/mol. The third-order valence-corrected chi connectivity index (χ3v) is 7.11. The van der Waals surface area contributed by atoms with Gasteiger partial charge in [0, 0.05) is 13.5 Å². The molecule has 6 atom stereocenters. The van der Waals surface area contributed by atoms with Crippen molar-refractivity contribution >= 4 is 5.97 Å². The zero-order chi connectivity index (χ0) is 30.8. The molecule has 9 heteroatoms. The van der Waals surface area contributed by atoms with Crippen molar-refractivity contribution in [3.05, 3.63) is 36.5 Å². The smallest absolute Gasteiger partial charge is 0.303 e. The summed E-state index contributed by atoms with van der Waals surface area (Å²) in [5, 5.41) is 39.1. The Balaban J connectivity index is 2.03. The van der Waals surface area contributed by atoms with Crippen LogP contribution in [0.5, 0.6) is 0 Å².